The molecule has 1 N–H and O–H groups in total. The Hall–Kier alpha value is -2.49. The third-order valence-corrected chi connectivity index (χ3v) is 8.16. The summed E-state index contributed by atoms with van der Waals surface area (Å²) < 4.78 is 15.6. The molecule has 0 bridgehead atoms. The molecule has 9 heteroatoms. The Balaban J connectivity index is 1.51. The van der Waals surface area contributed by atoms with Gasteiger partial charge in [-0.1, -0.05) is 27.7 Å². The number of benzene rings is 2. The second-order valence-corrected chi connectivity index (χ2v) is 10.7. The number of aryl methyl sites for hydroxylation is 2. The molecule has 0 unspecified atom stereocenters. The van der Waals surface area contributed by atoms with E-state index in [1.807, 2.05) is 24.3 Å². The summed E-state index contributed by atoms with van der Waals surface area (Å²) in [5.41, 5.74) is 2.26. The second kappa shape index (κ2) is 9.40. The van der Waals surface area contributed by atoms with Crippen molar-refractivity contribution in [3.05, 3.63) is 79.6 Å². The maximum Gasteiger partial charge on any atom is 0.267 e. The van der Waals surface area contributed by atoms with Gasteiger partial charge in [-0.05, 0) is 79.8 Å². The van der Waals surface area contributed by atoms with E-state index < -0.39 is 0 Å². The van der Waals surface area contributed by atoms with Crippen LogP contribution in [0, 0.1) is 5.82 Å². The Labute approximate surface area is 206 Å². The van der Waals surface area contributed by atoms with Crippen LogP contribution in [0.4, 0.5) is 10.1 Å². The Morgan fingerprint density at radius 1 is 1.12 bits per heavy atom. The van der Waals surface area contributed by atoms with Crippen LogP contribution in [-0.2, 0) is 17.6 Å². The van der Waals surface area contributed by atoms with Gasteiger partial charge in [0.1, 0.15) is 10.6 Å². The number of thiophene rings is 1. The zero-order valence-corrected chi connectivity index (χ0v) is 20.7. The summed E-state index contributed by atoms with van der Waals surface area (Å²) in [7, 11) is 0. The van der Waals surface area contributed by atoms with Crippen LogP contribution in [0.3, 0.4) is 0 Å². The van der Waals surface area contributed by atoms with Gasteiger partial charge in [0.05, 0.1) is 16.8 Å². The van der Waals surface area contributed by atoms with Crippen molar-refractivity contribution in [1.29, 1.82) is 0 Å². The molecule has 168 valence electrons. The highest BCUT2D eigenvalue weighted by Gasteiger charge is 2.23. The van der Waals surface area contributed by atoms with Gasteiger partial charge in [-0.25, -0.2) is 9.37 Å². The van der Waals surface area contributed by atoms with E-state index in [0.717, 1.165) is 40.5 Å². The lowest BCUT2D eigenvalue weighted by molar-refractivity contribution is -0.113. The Bertz CT molecular complexity index is 1400. The van der Waals surface area contributed by atoms with Crippen LogP contribution in [0.1, 0.15) is 23.3 Å². The van der Waals surface area contributed by atoms with Crippen molar-refractivity contribution in [2.24, 2.45) is 0 Å². The number of amides is 1. The number of aromatic nitrogens is 2. The highest BCUT2D eigenvalue weighted by Crippen LogP contribution is 2.35. The van der Waals surface area contributed by atoms with Gasteiger partial charge in [0.25, 0.3) is 5.56 Å². The molecule has 0 saturated heterocycles. The first-order valence-corrected chi connectivity index (χ1v) is 13.1. The minimum atomic E-state index is -0.364. The lowest BCUT2D eigenvalue weighted by Gasteiger charge is -2.14. The molecule has 0 spiro atoms. The summed E-state index contributed by atoms with van der Waals surface area (Å²) in [6.07, 6.45) is 4.10. The fourth-order valence-electron chi connectivity index (χ4n) is 3.96. The van der Waals surface area contributed by atoms with Gasteiger partial charge in [-0.3, -0.25) is 14.2 Å². The smallest absolute Gasteiger partial charge is 0.267 e. The maximum atomic E-state index is 13.7. The number of fused-ring (bicyclic) bond motifs is 3. The molecule has 0 saturated carbocycles. The van der Waals surface area contributed by atoms with Crippen LogP contribution in [0.5, 0.6) is 0 Å². The van der Waals surface area contributed by atoms with Crippen molar-refractivity contribution in [2.45, 2.75) is 30.8 Å². The van der Waals surface area contributed by atoms with Crippen LogP contribution < -0.4 is 10.9 Å². The quantitative estimate of drug-likeness (QED) is 0.249. The van der Waals surface area contributed by atoms with Crippen molar-refractivity contribution < 1.29 is 9.18 Å². The molecular formula is C24H19BrFN3O2S2. The average molecular weight is 544 g/mol. The largest absolute Gasteiger partial charge is 0.325 e. The molecule has 5 nitrogen and oxygen atoms in total. The Kier molecular flexibility index (Phi) is 6.36. The van der Waals surface area contributed by atoms with Gasteiger partial charge >= 0.3 is 0 Å². The van der Waals surface area contributed by atoms with E-state index in [0.29, 0.717) is 21.9 Å². The zero-order valence-electron chi connectivity index (χ0n) is 17.4. The van der Waals surface area contributed by atoms with Gasteiger partial charge in [-0.15, -0.1) is 11.3 Å². The molecule has 1 aliphatic rings. The Morgan fingerprint density at radius 2 is 1.85 bits per heavy atom. The first-order chi connectivity index (χ1) is 16.0. The summed E-state index contributed by atoms with van der Waals surface area (Å²) in [4.78, 5) is 33.1. The van der Waals surface area contributed by atoms with E-state index in [1.165, 1.54) is 40.9 Å². The van der Waals surface area contributed by atoms with Crippen molar-refractivity contribution in [3.63, 3.8) is 0 Å². The molecule has 0 radical (unpaired) electrons. The number of carbonyl (C=O) groups excluding carboxylic acids is 1. The minimum Gasteiger partial charge on any atom is -0.325 e. The van der Waals surface area contributed by atoms with Crippen LogP contribution in [0.25, 0.3) is 15.9 Å². The van der Waals surface area contributed by atoms with Crippen LogP contribution in [-0.4, -0.2) is 21.2 Å². The first kappa shape index (κ1) is 22.3. The maximum absolute atomic E-state index is 13.7. The minimum absolute atomic E-state index is 0.0664. The predicted molar refractivity (Wildman–Crippen MR) is 135 cm³/mol. The van der Waals surface area contributed by atoms with Gasteiger partial charge < -0.3 is 5.32 Å². The van der Waals surface area contributed by atoms with Crippen molar-refractivity contribution in [1.82, 2.24) is 9.55 Å². The average Bonchev–Trinajstić information content (AvgIpc) is 3.19. The second-order valence-electron chi connectivity index (χ2n) is 7.75. The molecule has 2 heterocycles. The van der Waals surface area contributed by atoms with Crippen LogP contribution in [0.15, 0.2) is 63.0 Å². The molecule has 0 atom stereocenters. The molecule has 4 aromatic rings. The van der Waals surface area contributed by atoms with Gasteiger partial charge in [0.2, 0.25) is 5.91 Å². The molecular weight excluding hydrogens is 525 g/mol. The summed E-state index contributed by atoms with van der Waals surface area (Å²) in [6, 6.07) is 13.1. The fourth-order valence-corrected chi connectivity index (χ4v) is 6.34. The number of thioether (sulfide) groups is 1. The first-order valence-electron chi connectivity index (χ1n) is 10.5. The molecule has 0 aliphatic heterocycles. The number of hydrogen-bond acceptors (Lipinski definition) is 5. The summed E-state index contributed by atoms with van der Waals surface area (Å²) in [5, 5.41) is 3.93. The van der Waals surface area contributed by atoms with E-state index >= 15 is 0 Å². The molecule has 2 aromatic carbocycles. The third-order valence-electron chi connectivity index (χ3n) is 5.50. The topological polar surface area (TPSA) is 64.0 Å². The van der Waals surface area contributed by atoms with Gasteiger partial charge in [-0.2, -0.15) is 0 Å². The normalized spacial score (nSPS) is 13.2. The monoisotopic (exact) mass is 543 g/mol. The van der Waals surface area contributed by atoms with Crippen molar-refractivity contribution in [3.8, 4) is 5.69 Å². The Morgan fingerprint density at radius 3 is 2.61 bits per heavy atom. The highest BCUT2D eigenvalue weighted by atomic mass is 79.9. The lowest BCUT2D eigenvalue weighted by Crippen LogP contribution is -2.23. The number of nitrogens with zero attached hydrogens (tertiary/aromatic N) is 2. The van der Waals surface area contributed by atoms with Crippen LogP contribution >= 0.6 is 39.0 Å². The van der Waals surface area contributed by atoms with E-state index in [-0.39, 0.29) is 23.0 Å². The molecule has 1 amide bonds. The standard InChI is InChI=1S/C24H19BrFN3O2S2/c25-14-5-11-17(12-6-14)29-23(31)21-18-3-1-2-4-19(18)33-22(21)28-24(29)32-13-20(30)27-16-9-7-15(26)8-10-16/h5-12H,1-4,13H2,(H,27,30). The van der Waals surface area contributed by atoms with Gasteiger partial charge in [0, 0.05) is 15.0 Å². The molecule has 2 aromatic heterocycles. The highest BCUT2D eigenvalue weighted by molar-refractivity contribution is 9.10. The van der Waals surface area contributed by atoms with Crippen LogP contribution in [0.2, 0.25) is 0 Å². The lowest BCUT2D eigenvalue weighted by atomic mass is 9.97. The molecule has 1 aliphatic carbocycles. The summed E-state index contributed by atoms with van der Waals surface area (Å²) in [5.74, 6) is -0.553. The van der Waals surface area contributed by atoms with E-state index in [1.54, 1.807) is 15.9 Å². The zero-order chi connectivity index (χ0) is 22.9. The number of anilines is 1. The van der Waals surface area contributed by atoms with Crippen molar-refractivity contribution in [2.75, 3.05) is 11.1 Å². The SMILES string of the molecule is O=C(CSc1nc2sc3c(c2c(=O)n1-c1ccc(Br)cc1)CCCC3)Nc1ccc(F)cc1. The van der Waals surface area contributed by atoms with E-state index in [2.05, 4.69) is 21.2 Å². The number of rotatable bonds is 5. The number of carbonyl (C=O) groups is 1. The third kappa shape index (κ3) is 4.62. The van der Waals surface area contributed by atoms with Crippen molar-refractivity contribution >= 4 is 60.8 Å². The van der Waals surface area contributed by atoms with E-state index in [4.69, 9.17) is 4.98 Å². The molecule has 0 fully saturated rings. The predicted octanol–water partition coefficient (Wildman–Crippen LogP) is 5.96. The summed E-state index contributed by atoms with van der Waals surface area (Å²) >= 11 is 6.24. The number of hydrogen-bond donors (Lipinski definition) is 1. The number of nitrogens with one attached hydrogen (secondary N) is 1. The fraction of sp³-hybridized carbons (Fsp3) is 0.208. The van der Waals surface area contributed by atoms with E-state index in [9.17, 15) is 14.0 Å². The molecule has 33 heavy (non-hydrogen) atoms. The molecule has 5 rings (SSSR count). The van der Waals surface area contributed by atoms with Gasteiger partial charge in [0.15, 0.2) is 5.16 Å². The summed E-state index contributed by atoms with van der Waals surface area (Å²) in [6.45, 7) is 0. The number of halogens is 2.